The van der Waals surface area contributed by atoms with Gasteiger partial charge in [-0.2, -0.15) is 0 Å². The predicted molar refractivity (Wildman–Crippen MR) is 241 cm³/mol. The van der Waals surface area contributed by atoms with Gasteiger partial charge in [0.1, 0.15) is 5.82 Å². The Labute approximate surface area is 386 Å². The summed E-state index contributed by atoms with van der Waals surface area (Å²) in [4.78, 5) is 85.8. The Morgan fingerprint density at radius 3 is 1.39 bits per heavy atom. The molecule has 0 saturated carbocycles. The minimum absolute atomic E-state index is 0.0275. The molecule has 5 fully saturated rings. The summed E-state index contributed by atoms with van der Waals surface area (Å²) >= 11 is 0. The van der Waals surface area contributed by atoms with Gasteiger partial charge in [0.05, 0.1) is 76.3 Å². The topological polar surface area (TPSA) is 149 Å². The summed E-state index contributed by atoms with van der Waals surface area (Å²) < 4.78 is 35.2. The summed E-state index contributed by atoms with van der Waals surface area (Å²) in [5.41, 5.74) is 4.70. The van der Waals surface area contributed by atoms with Crippen LogP contribution in [0.15, 0.2) is 72.8 Å². The lowest BCUT2D eigenvalue weighted by atomic mass is 9.87. The highest BCUT2D eigenvalue weighted by atomic mass is 19.1. The molecule has 66 heavy (non-hydrogen) atoms. The molecule has 0 N–H and O–H groups in total. The van der Waals surface area contributed by atoms with Crippen LogP contribution in [0, 0.1) is 29.5 Å². The Balaban J connectivity index is 0.929. The fourth-order valence-corrected chi connectivity index (χ4v) is 11.1. The molecule has 8 atom stereocenters. The van der Waals surface area contributed by atoms with Gasteiger partial charge in [-0.25, -0.2) is 4.39 Å². The van der Waals surface area contributed by atoms with Gasteiger partial charge >= 0.3 is 11.9 Å². The molecule has 0 spiro atoms. The van der Waals surface area contributed by atoms with Gasteiger partial charge in [0.2, 0.25) is 11.8 Å². The van der Waals surface area contributed by atoms with E-state index in [0.29, 0.717) is 65.2 Å². The van der Waals surface area contributed by atoms with Gasteiger partial charge in [-0.3, -0.25) is 28.8 Å². The molecule has 5 heterocycles. The third kappa shape index (κ3) is 10.5. The van der Waals surface area contributed by atoms with Gasteiger partial charge in [0.25, 0.3) is 0 Å². The highest BCUT2D eigenvalue weighted by molar-refractivity contribution is 5.94. The molecule has 0 radical (unpaired) electrons. The summed E-state index contributed by atoms with van der Waals surface area (Å²) in [6.45, 7) is 2.85. The van der Waals surface area contributed by atoms with E-state index in [1.54, 1.807) is 21.9 Å². The van der Waals surface area contributed by atoms with E-state index in [0.717, 1.165) is 53.6 Å². The second-order valence-corrected chi connectivity index (χ2v) is 18.7. The average molecular weight is 908 g/mol. The van der Waals surface area contributed by atoms with Crippen LogP contribution in [0.5, 0.6) is 0 Å². The van der Waals surface area contributed by atoms with Crippen molar-refractivity contribution in [2.45, 2.75) is 101 Å². The van der Waals surface area contributed by atoms with E-state index in [-0.39, 0.29) is 78.8 Å². The normalized spacial score (nSPS) is 24.9. The van der Waals surface area contributed by atoms with Crippen molar-refractivity contribution in [1.29, 1.82) is 0 Å². The summed E-state index contributed by atoms with van der Waals surface area (Å²) in [5.74, 6) is -2.97. The molecule has 0 unspecified atom stereocenters. The number of hydrogen-bond acceptors (Lipinski definition) is 11. The molecule has 5 saturated heterocycles. The number of amides is 2. The number of anilines is 1. The van der Waals surface area contributed by atoms with E-state index in [2.05, 4.69) is 29.2 Å². The first-order valence-corrected chi connectivity index (χ1v) is 23.7. The third-order valence-corrected chi connectivity index (χ3v) is 14.7. The number of esters is 2. The first-order valence-electron chi connectivity index (χ1n) is 23.7. The Hall–Kier alpha value is -5.47. The first-order chi connectivity index (χ1) is 32.0. The average Bonchev–Trinajstić information content (AvgIpc) is 4.20. The van der Waals surface area contributed by atoms with Crippen LogP contribution in [-0.2, 0) is 60.6 Å². The molecular weight excluding hydrogens is 846 g/mol. The summed E-state index contributed by atoms with van der Waals surface area (Å²) in [5, 5.41) is 0. The molecule has 3 aromatic carbocycles. The molecular formula is C52H62FN3O10. The maximum Gasteiger partial charge on any atom is 0.306 e. The first kappa shape index (κ1) is 47.0. The number of rotatable bonds is 17. The number of halogens is 1. The molecule has 352 valence electrons. The van der Waals surface area contributed by atoms with Crippen LogP contribution in [0.1, 0.15) is 98.5 Å². The zero-order valence-corrected chi connectivity index (χ0v) is 38.1. The van der Waals surface area contributed by atoms with Crippen molar-refractivity contribution in [3.05, 3.63) is 101 Å². The maximum absolute atomic E-state index is 14.3. The Bertz CT molecular complexity index is 2070. The third-order valence-electron chi connectivity index (χ3n) is 14.7. The molecule has 5 aliphatic rings. The lowest BCUT2D eigenvalue weighted by Gasteiger charge is -2.33. The van der Waals surface area contributed by atoms with Crippen LogP contribution in [0.25, 0.3) is 0 Å². The SMILES string of the molecule is COC(=O)C[C@H](C(=O)N1CCC[C@H]1C(=O)Cc1ccc([C@@H]2CC[C@@H](c3ccc(CC(=O)[C@@H]4CCCN4C(=O)[C@@H](CC(=O)OC)[C@@H]4CCOC4)cc3)N2c2ccc(F)cc2)cc1)[C@@H]1CCOC1. The fourth-order valence-electron chi connectivity index (χ4n) is 11.1. The molecule has 2 amide bonds. The number of methoxy groups -OCH3 is 2. The predicted octanol–water partition coefficient (Wildman–Crippen LogP) is 6.55. The number of Topliss-reactive ketones (excluding diaryl/α,β-unsaturated/α-hetero) is 2. The van der Waals surface area contributed by atoms with E-state index in [1.165, 1.54) is 26.4 Å². The highest BCUT2D eigenvalue weighted by Crippen LogP contribution is 2.47. The molecule has 0 aliphatic carbocycles. The minimum atomic E-state index is -0.585. The monoisotopic (exact) mass is 907 g/mol. The van der Waals surface area contributed by atoms with E-state index >= 15 is 0 Å². The molecule has 14 heteroatoms. The molecule has 8 rings (SSSR count). The Kier molecular flexibility index (Phi) is 15.3. The zero-order chi connectivity index (χ0) is 46.3. The van der Waals surface area contributed by atoms with Gasteiger partial charge in [0, 0.05) is 44.8 Å². The van der Waals surface area contributed by atoms with E-state index in [4.69, 9.17) is 18.9 Å². The van der Waals surface area contributed by atoms with Gasteiger partial charge in [-0.15, -0.1) is 0 Å². The van der Waals surface area contributed by atoms with Crippen molar-refractivity contribution in [3.63, 3.8) is 0 Å². The van der Waals surface area contributed by atoms with Gasteiger partial charge in [-0.05, 0) is 110 Å². The van der Waals surface area contributed by atoms with Gasteiger partial charge in [0.15, 0.2) is 11.6 Å². The number of ether oxygens (including phenoxy) is 4. The molecule has 3 aromatic rings. The van der Waals surface area contributed by atoms with Gasteiger partial charge in [-0.1, -0.05) is 48.5 Å². The van der Waals surface area contributed by atoms with Crippen molar-refractivity contribution in [1.82, 2.24) is 9.80 Å². The Morgan fingerprint density at radius 2 is 1.02 bits per heavy atom. The summed E-state index contributed by atoms with van der Waals surface area (Å²) in [7, 11) is 2.63. The van der Waals surface area contributed by atoms with Crippen LogP contribution >= 0.6 is 0 Å². The number of nitrogens with zero attached hydrogens (tertiary/aromatic N) is 3. The summed E-state index contributed by atoms with van der Waals surface area (Å²) in [6.07, 6.45) is 5.91. The maximum atomic E-state index is 14.3. The number of likely N-dealkylation sites (tertiary alicyclic amines) is 2. The lowest BCUT2D eigenvalue weighted by molar-refractivity contribution is -0.149. The molecule has 0 aromatic heterocycles. The quantitative estimate of drug-likeness (QED) is 0.136. The number of hydrogen-bond donors (Lipinski definition) is 0. The number of carbonyl (C=O) groups is 6. The molecule has 5 aliphatic heterocycles. The second-order valence-electron chi connectivity index (χ2n) is 18.7. The van der Waals surface area contributed by atoms with Crippen LogP contribution in [0.2, 0.25) is 0 Å². The van der Waals surface area contributed by atoms with E-state index in [9.17, 15) is 33.2 Å². The van der Waals surface area contributed by atoms with Crippen molar-refractivity contribution in [2.75, 3.05) is 58.6 Å². The second kappa shape index (κ2) is 21.4. The standard InChI is InChI=1S/C52H62FN3O10/c1-63-49(59)29-41(37-21-25-65-31-37)51(61)54-23-3-5-45(54)47(57)27-33-7-11-35(12-8-33)43-19-20-44(56(43)40-17-15-39(53)16-18-40)36-13-9-34(10-14-36)28-48(58)46-6-4-24-55(46)52(62)42(30-50(60)64-2)38-22-26-66-32-38/h7-18,37-38,41-46H,3-6,19-32H2,1-2H3/t37-,38-,41+,42+,43+,44+,45+,46+/m1/s1. The molecule has 13 nitrogen and oxygen atoms in total. The van der Waals surface area contributed by atoms with E-state index < -0.39 is 35.9 Å². The highest BCUT2D eigenvalue weighted by Gasteiger charge is 2.43. The van der Waals surface area contributed by atoms with Crippen LogP contribution in [-0.4, -0.2) is 111 Å². The number of benzene rings is 3. The Morgan fingerprint density at radius 1 is 0.591 bits per heavy atom. The van der Waals surface area contributed by atoms with Gasteiger partial charge < -0.3 is 33.6 Å². The van der Waals surface area contributed by atoms with Crippen LogP contribution in [0.4, 0.5) is 10.1 Å². The number of carbonyl (C=O) groups excluding carboxylic acids is 6. The summed E-state index contributed by atoms with van der Waals surface area (Å²) in [6, 6.07) is 21.5. The van der Waals surface area contributed by atoms with Crippen molar-refractivity contribution in [2.24, 2.45) is 23.7 Å². The lowest BCUT2D eigenvalue weighted by Crippen LogP contribution is -2.46. The van der Waals surface area contributed by atoms with Crippen LogP contribution in [0.3, 0.4) is 0 Å². The molecule has 0 bridgehead atoms. The zero-order valence-electron chi connectivity index (χ0n) is 38.1. The minimum Gasteiger partial charge on any atom is -0.469 e. The number of ketones is 2. The van der Waals surface area contributed by atoms with Crippen molar-refractivity contribution < 1.29 is 52.1 Å². The van der Waals surface area contributed by atoms with Crippen LogP contribution < -0.4 is 4.90 Å². The van der Waals surface area contributed by atoms with E-state index in [1.807, 2.05) is 24.3 Å². The fraction of sp³-hybridized carbons (Fsp3) is 0.538. The van der Waals surface area contributed by atoms with Crippen molar-refractivity contribution >= 4 is 41.0 Å². The smallest absolute Gasteiger partial charge is 0.306 e. The van der Waals surface area contributed by atoms with Crippen molar-refractivity contribution in [3.8, 4) is 0 Å². The largest absolute Gasteiger partial charge is 0.469 e.